The van der Waals surface area contributed by atoms with Crippen LogP contribution < -0.4 is 0 Å². The lowest BCUT2D eigenvalue weighted by atomic mass is 9.98. The molecule has 0 N–H and O–H groups in total. The second-order valence-corrected chi connectivity index (χ2v) is 4.13. The van der Waals surface area contributed by atoms with Gasteiger partial charge in [-0.05, 0) is 38.5 Å². The molecular formula is C10H16FNO. The van der Waals surface area contributed by atoms with E-state index in [-0.39, 0.29) is 6.10 Å². The molecule has 0 bridgehead atoms. The Kier molecular flexibility index (Phi) is 2.51. The molecule has 0 heterocycles. The average molecular weight is 185 g/mol. The molecule has 0 amide bonds. The number of halogens is 1. The van der Waals surface area contributed by atoms with Crippen LogP contribution in [0.3, 0.4) is 0 Å². The van der Waals surface area contributed by atoms with Gasteiger partial charge in [-0.25, -0.2) is 4.39 Å². The van der Waals surface area contributed by atoms with Crippen LogP contribution in [0, 0.1) is 0 Å². The highest BCUT2D eigenvalue weighted by molar-refractivity contribution is 5.71. The first kappa shape index (κ1) is 8.97. The van der Waals surface area contributed by atoms with Gasteiger partial charge in [0.1, 0.15) is 11.8 Å². The molecule has 0 saturated heterocycles. The van der Waals surface area contributed by atoms with Crippen LogP contribution in [0.4, 0.5) is 4.39 Å². The average Bonchev–Trinajstić information content (AvgIpc) is 2.86. The molecule has 2 aliphatic rings. The van der Waals surface area contributed by atoms with Gasteiger partial charge >= 0.3 is 0 Å². The fourth-order valence-electron chi connectivity index (χ4n) is 1.63. The number of hydrogen-bond acceptors (Lipinski definition) is 2. The number of hydrogen-bond donors (Lipinski definition) is 0. The molecule has 0 aromatic heterocycles. The first-order valence-corrected chi connectivity index (χ1v) is 5.18. The Morgan fingerprint density at radius 1 is 1.23 bits per heavy atom. The van der Waals surface area contributed by atoms with Crippen molar-refractivity contribution in [3.63, 3.8) is 0 Å². The Morgan fingerprint density at radius 2 is 1.92 bits per heavy atom. The van der Waals surface area contributed by atoms with Crippen molar-refractivity contribution in [1.82, 2.24) is 0 Å². The van der Waals surface area contributed by atoms with E-state index in [0.717, 1.165) is 12.8 Å². The molecule has 2 nitrogen and oxygen atoms in total. The molecule has 2 saturated carbocycles. The van der Waals surface area contributed by atoms with E-state index in [1.807, 2.05) is 0 Å². The highest BCUT2D eigenvalue weighted by Gasteiger charge is 2.42. The fraction of sp³-hybridized carbons (Fsp3) is 0.900. The zero-order chi connectivity index (χ0) is 9.15. The highest BCUT2D eigenvalue weighted by Crippen LogP contribution is 2.37. The molecule has 0 radical (unpaired) electrons. The summed E-state index contributed by atoms with van der Waals surface area (Å²) in [5.74, 6) is 0. The van der Waals surface area contributed by atoms with Crippen molar-refractivity contribution in [2.24, 2.45) is 5.16 Å². The highest BCUT2D eigenvalue weighted by atomic mass is 19.1. The third-order valence-corrected chi connectivity index (χ3v) is 2.77. The predicted molar refractivity (Wildman–Crippen MR) is 49.5 cm³/mol. The van der Waals surface area contributed by atoms with Crippen molar-refractivity contribution < 1.29 is 9.23 Å². The maximum absolute atomic E-state index is 13.0. The van der Waals surface area contributed by atoms with Crippen LogP contribution in [0.5, 0.6) is 0 Å². The number of rotatable bonds is 3. The summed E-state index contributed by atoms with van der Waals surface area (Å²) in [5.41, 5.74) is -1.12. The Hall–Kier alpha value is -0.600. The lowest BCUT2D eigenvalue weighted by molar-refractivity contribution is 0.0327. The summed E-state index contributed by atoms with van der Waals surface area (Å²) < 4.78 is 13.0. The van der Waals surface area contributed by atoms with Gasteiger partial charge < -0.3 is 4.84 Å². The molecule has 0 aliphatic heterocycles. The molecule has 2 aliphatic carbocycles. The molecule has 0 spiro atoms. The van der Waals surface area contributed by atoms with Crippen LogP contribution in [0.1, 0.15) is 44.9 Å². The Labute approximate surface area is 78.1 Å². The first-order valence-electron chi connectivity index (χ1n) is 5.18. The van der Waals surface area contributed by atoms with Gasteiger partial charge in [0, 0.05) is 0 Å². The van der Waals surface area contributed by atoms with Gasteiger partial charge in [0.15, 0.2) is 0 Å². The number of alkyl halides is 1. The van der Waals surface area contributed by atoms with Crippen molar-refractivity contribution in [3.05, 3.63) is 0 Å². The summed E-state index contributed by atoms with van der Waals surface area (Å²) in [6, 6.07) is 0. The topological polar surface area (TPSA) is 21.6 Å². The Bertz CT molecular complexity index is 195. The summed E-state index contributed by atoms with van der Waals surface area (Å²) in [6.45, 7) is 0. The molecular weight excluding hydrogens is 169 g/mol. The third kappa shape index (κ3) is 2.68. The SMILES string of the molecule is FC1(/C=N/OC2CCCCC2)CC1. The van der Waals surface area contributed by atoms with Crippen molar-refractivity contribution in [1.29, 1.82) is 0 Å². The largest absolute Gasteiger partial charge is 0.393 e. The van der Waals surface area contributed by atoms with E-state index < -0.39 is 5.67 Å². The number of nitrogens with zero attached hydrogens (tertiary/aromatic N) is 1. The van der Waals surface area contributed by atoms with Gasteiger partial charge in [-0.1, -0.05) is 11.6 Å². The van der Waals surface area contributed by atoms with E-state index in [4.69, 9.17) is 4.84 Å². The molecule has 0 unspecified atom stereocenters. The molecule has 74 valence electrons. The van der Waals surface area contributed by atoms with Crippen molar-refractivity contribution in [2.45, 2.75) is 56.7 Å². The van der Waals surface area contributed by atoms with Crippen LogP contribution in [0.25, 0.3) is 0 Å². The quantitative estimate of drug-likeness (QED) is 0.489. The summed E-state index contributed by atoms with van der Waals surface area (Å²) in [4.78, 5) is 5.23. The Balaban J connectivity index is 1.68. The second kappa shape index (κ2) is 3.64. The van der Waals surface area contributed by atoms with Gasteiger partial charge in [-0.3, -0.25) is 0 Å². The minimum Gasteiger partial charge on any atom is -0.393 e. The van der Waals surface area contributed by atoms with Gasteiger partial charge in [-0.2, -0.15) is 0 Å². The Morgan fingerprint density at radius 3 is 2.54 bits per heavy atom. The van der Waals surface area contributed by atoms with E-state index in [2.05, 4.69) is 5.16 Å². The molecule has 0 aromatic carbocycles. The van der Waals surface area contributed by atoms with Gasteiger partial charge in [0.25, 0.3) is 0 Å². The molecule has 0 atom stereocenters. The summed E-state index contributed by atoms with van der Waals surface area (Å²) in [6.07, 6.45) is 8.72. The fourth-order valence-corrected chi connectivity index (χ4v) is 1.63. The third-order valence-electron chi connectivity index (χ3n) is 2.77. The van der Waals surface area contributed by atoms with Crippen molar-refractivity contribution in [2.75, 3.05) is 0 Å². The van der Waals surface area contributed by atoms with Crippen LogP contribution >= 0.6 is 0 Å². The van der Waals surface area contributed by atoms with Gasteiger partial charge in [0.2, 0.25) is 0 Å². The van der Waals surface area contributed by atoms with Crippen molar-refractivity contribution >= 4 is 6.21 Å². The predicted octanol–water partition coefficient (Wildman–Crippen LogP) is 2.82. The minimum atomic E-state index is -1.12. The molecule has 0 aromatic rings. The summed E-state index contributed by atoms with van der Waals surface area (Å²) >= 11 is 0. The first-order chi connectivity index (χ1) is 6.29. The van der Waals surface area contributed by atoms with Crippen LogP contribution in [0.15, 0.2) is 5.16 Å². The van der Waals surface area contributed by atoms with Crippen molar-refractivity contribution in [3.8, 4) is 0 Å². The zero-order valence-electron chi connectivity index (χ0n) is 7.84. The lowest BCUT2D eigenvalue weighted by Crippen LogP contribution is -2.14. The van der Waals surface area contributed by atoms with E-state index in [0.29, 0.717) is 12.8 Å². The standard InChI is InChI=1S/C10H16FNO/c11-10(6-7-10)8-12-13-9-4-2-1-3-5-9/h8-9H,1-7H2/b12-8+. The normalized spacial score (nSPS) is 27.8. The minimum absolute atomic E-state index is 0.243. The van der Waals surface area contributed by atoms with E-state index in [9.17, 15) is 4.39 Å². The monoisotopic (exact) mass is 185 g/mol. The summed E-state index contributed by atoms with van der Waals surface area (Å²) in [5, 5.41) is 3.73. The van der Waals surface area contributed by atoms with E-state index >= 15 is 0 Å². The van der Waals surface area contributed by atoms with Gasteiger partial charge in [-0.15, -0.1) is 0 Å². The lowest BCUT2D eigenvalue weighted by Gasteiger charge is -2.19. The zero-order valence-corrected chi connectivity index (χ0v) is 7.84. The maximum Gasteiger partial charge on any atom is 0.149 e. The molecule has 2 fully saturated rings. The van der Waals surface area contributed by atoms with Crippen LogP contribution in [0.2, 0.25) is 0 Å². The number of oxime groups is 1. The molecule has 3 heteroatoms. The van der Waals surface area contributed by atoms with E-state index in [1.54, 1.807) is 0 Å². The van der Waals surface area contributed by atoms with E-state index in [1.165, 1.54) is 25.5 Å². The molecule has 2 rings (SSSR count). The second-order valence-electron chi connectivity index (χ2n) is 4.13. The molecule has 13 heavy (non-hydrogen) atoms. The summed E-state index contributed by atoms with van der Waals surface area (Å²) in [7, 11) is 0. The maximum atomic E-state index is 13.0. The van der Waals surface area contributed by atoms with Gasteiger partial charge in [0.05, 0.1) is 6.21 Å². The smallest absolute Gasteiger partial charge is 0.149 e. The van der Waals surface area contributed by atoms with Crippen LogP contribution in [-0.2, 0) is 4.84 Å². The van der Waals surface area contributed by atoms with Crippen LogP contribution in [-0.4, -0.2) is 18.0 Å².